The number of rotatable bonds is 7. The van der Waals surface area contributed by atoms with Crippen molar-refractivity contribution in [3.8, 4) is 44.5 Å². The van der Waals surface area contributed by atoms with E-state index in [0.717, 1.165) is 50.1 Å². The summed E-state index contributed by atoms with van der Waals surface area (Å²) < 4.78 is 6.35. The van der Waals surface area contributed by atoms with Gasteiger partial charge in [0.1, 0.15) is 11.2 Å². The third-order valence-corrected chi connectivity index (χ3v) is 9.42. The molecule has 0 unspecified atom stereocenters. The van der Waals surface area contributed by atoms with E-state index >= 15 is 0 Å². The van der Waals surface area contributed by atoms with E-state index in [2.05, 4.69) is 186 Å². The van der Waals surface area contributed by atoms with Crippen LogP contribution in [0.25, 0.3) is 66.4 Å². The number of pyridine rings is 1. The van der Waals surface area contributed by atoms with Gasteiger partial charge in [-0.15, -0.1) is 0 Å². The Hall–Kier alpha value is -6.71. The summed E-state index contributed by atoms with van der Waals surface area (Å²) in [6.45, 7) is 0. The predicted octanol–water partition coefficient (Wildman–Crippen LogP) is 13.1. The van der Waals surface area contributed by atoms with Gasteiger partial charge in [-0.05, 0) is 69.8 Å². The fourth-order valence-corrected chi connectivity index (χ4v) is 6.91. The maximum Gasteiger partial charge on any atom is 0.143 e. The molecule has 0 N–H and O–H groups in total. The van der Waals surface area contributed by atoms with Crippen molar-refractivity contribution in [2.24, 2.45) is 0 Å². The minimum atomic E-state index is 0.846. The van der Waals surface area contributed by atoms with Gasteiger partial charge in [0.25, 0.3) is 0 Å². The van der Waals surface area contributed by atoms with E-state index in [1.165, 1.54) is 33.4 Å². The first-order valence-electron chi connectivity index (χ1n) is 16.9. The number of benzene rings is 7. The molecule has 2 heterocycles. The first-order chi connectivity index (χ1) is 24.8. The largest absolute Gasteiger partial charge is 0.455 e. The predicted molar refractivity (Wildman–Crippen MR) is 208 cm³/mol. The van der Waals surface area contributed by atoms with Crippen molar-refractivity contribution in [1.29, 1.82) is 0 Å². The summed E-state index contributed by atoms with van der Waals surface area (Å²) in [6.07, 6.45) is 3.65. The maximum atomic E-state index is 6.35. The van der Waals surface area contributed by atoms with Crippen molar-refractivity contribution < 1.29 is 4.42 Å². The minimum Gasteiger partial charge on any atom is -0.455 e. The molecular weight excluding hydrogens is 609 g/mol. The molecule has 7 aromatic carbocycles. The molecule has 0 amide bonds. The summed E-state index contributed by atoms with van der Waals surface area (Å²) in [4.78, 5) is 6.68. The van der Waals surface area contributed by atoms with Gasteiger partial charge >= 0.3 is 0 Å². The van der Waals surface area contributed by atoms with Crippen LogP contribution in [0.2, 0.25) is 0 Å². The highest BCUT2D eigenvalue weighted by Crippen LogP contribution is 2.42. The molecule has 236 valence electrons. The van der Waals surface area contributed by atoms with Crippen LogP contribution in [0, 0.1) is 0 Å². The smallest absolute Gasteiger partial charge is 0.143 e. The van der Waals surface area contributed by atoms with E-state index in [1.807, 2.05) is 12.3 Å². The van der Waals surface area contributed by atoms with Crippen molar-refractivity contribution in [2.45, 2.75) is 0 Å². The molecule has 3 heteroatoms. The summed E-state index contributed by atoms with van der Waals surface area (Å²) in [5, 5.41) is 2.10. The fourth-order valence-electron chi connectivity index (χ4n) is 6.91. The molecule has 0 bridgehead atoms. The molecule has 50 heavy (non-hydrogen) atoms. The number of fused-ring (bicyclic) bond motifs is 3. The van der Waals surface area contributed by atoms with Crippen molar-refractivity contribution in [3.63, 3.8) is 0 Å². The molecule has 0 spiro atoms. The fraction of sp³-hybridized carbons (Fsp3) is 0. The second kappa shape index (κ2) is 12.7. The van der Waals surface area contributed by atoms with Gasteiger partial charge in [0.2, 0.25) is 0 Å². The Morgan fingerprint density at radius 2 is 0.880 bits per heavy atom. The normalized spacial score (nSPS) is 11.2. The Labute approximate surface area is 291 Å². The zero-order valence-electron chi connectivity index (χ0n) is 27.3. The molecule has 3 nitrogen and oxygen atoms in total. The molecule has 9 aromatic rings. The molecule has 0 saturated heterocycles. The van der Waals surface area contributed by atoms with Crippen molar-refractivity contribution in [2.75, 3.05) is 4.90 Å². The molecule has 0 aliphatic carbocycles. The van der Waals surface area contributed by atoms with Gasteiger partial charge in [0.15, 0.2) is 0 Å². The number of hydrogen-bond acceptors (Lipinski definition) is 3. The number of furan rings is 1. The van der Waals surface area contributed by atoms with Crippen LogP contribution in [0.4, 0.5) is 17.1 Å². The highest BCUT2D eigenvalue weighted by Gasteiger charge is 2.18. The second-order valence-electron chi connectivity index (χ2n) is 12.4. The van der Waals surface area contributed by atoms with Crippen LogP contribution in [0.3, 0.4) is 0 Å². The Morgan fingerprint density at radius 3 is 1.54 bits per heavy atom. The molecule has 2 aromatic heterocycles. The van der Waals surface area contributed by atoms with E-state index in [0.29, 0.717) is 0 Å². The molecule has 0 atom stereocenters. The third-order valence-electron chi connectivity index (χ3n) is 9.42. The standard InChI is InChI=1S/C47H32N2O/c1-3-10-33(11-4-1)34-18-20-35(21-19-34)36-22-26-39(27-23-36)49(45-17-8-7-14-41(45)37-12-5-2-6-13-37)40-28-24-38(25-29-40)42-15-9-16-43-44-32-48-31-30-46(44)50-47(42)43/h1-32H. The maximum absolute atomic E-state index is 6.35. The van der Waals surface area contributed by atoms with E-state index < -0.39 is 0 Å². The van der Waals surface area contributed by atoms with Crippen molar-refractivity contribution in [3.05, 3.63) is 194 Å². The minimum absolute atomic E-state index is 0.846. The summed E-state index contributed by atoms with van der Waals surface area (Å²) in [5.74, 6) is 0. The quantitative estimate of drug-likeness (QED) is 0.174. The average Bonchev–Trinajstić information content (AvgIpc) is 3.59. The molecule has 9 rings (SSSR count). The number of hydrogen-bond donors (Lipinski definition) is 0. The van der Waals surface area contributed by atoms with Crippen molar-refractivity contribution in [1.82, 2.24) is 4.98 Å². The van der Waals surface area contributed by atoms with Gasteiger partial charge in [0.05, 0.1) is 5.69 Å². The van der Waals surface area contributed by atoms with Gasteiger partial charge in [-0.2, -0.15) is 0 Å². The monoisotopic (exact) mass is 640 g/mol. The summed E-state index contributed by atoms with van der Waals surface area (Å²) >= 11 is 0. The zero-order chi connectivity index (χ0) is 33.3. The van der Waals surface area contributed by atoms with Crippen LogP contribution in [-0.4, -0.2) is 4.98 Å². The summed E-state index contributed by atoms with van der Waals surface area (Å²) in [7, 11) is 0. The molecule has 0 aliphatic heterocycles. The zero-order valence-corrected chi connectivity index (χ0v) is 27.3. The van der Waals surface area contributed by atoms with E-state index in [9.17, 15) is 0 Å². The van der Waals surface area contributed by atoms with E-state index in [1.54, 1.807) is 6.20 Å². The topological polar surface area (TPSA) is 29.3 Å². The second-order valence-corrected chi connectivity index (χ2v) is 12.4. The highest BCUT2D eigenvalue weighted by molar-refractivity contribution is 6.09. The van der Waals surface area contributed by atoms with Crippen LogP contribution in [0.1, 0.15) is 0 Å². The summed E-state index contributed by atoms with van der Waals surface area (Å²) in [5.41, 5.74) is 14.3. The van der Waals surface area contributed by atoms with Gasteiger partial charge in [0, 0.05) is 45.7 Å². The highest BCUT2D eigenvalue weighted by atomic mass is 16.3. The SMILES string of the molecule is c1ccc(-c2ccc(-c3ccc(N(c4ccc(-c5cccc6c5oc5ccncc56)cc4)c4ccccc4-c4ccccc4)cc3)cc2)cc1. The van der Waals surface area contributed by atoms with Gasteiger partial charge in [-0.1, -0.05) is 146 Å². The molecule has 0 saturated carbocycles. The summed E-state index contributed by atoms with van der Waals surface area (Å²) in [6, 6.07) is 64.5. The van der Waals surface area contributed by atoms with E-state index in [-0.39, 0.29) is 0 Å². The Kier molecular flexibility index (Phi) is 7.49. The first kappa shape index (κ1) is 29.4. The van der Waals surface area contributed by atoms with Crippen molar-refractivity contribution >= 4 is 39.0 Å². The lowest BCUT2D eigenvalue weighted by molar-refractivity contribution is 0.669. The lowest BCUT2D eigenvalue weighted by atomic mass is 9.99. The van der Waals surface area contributed by atoms with Crippen LogP contribution in [0.15, 0.2) is 199 Å². The lowest BCUT2D eigenvalue weighted by Gasteiger charge is -2.28. The molecule has 0 radical (unpaired) electrons. The van der Waals surface area contributed by atoms with Crippen LogP contribution >= 0.6 is 0 Å². The van der Waals surface area contributed by atoms with Crippen LogP contribution < -0.4 is 4.90 Å². The first-order valence-corrected chi connectivity index (χ1v) is 16.9. The third kappa shape index (κ3) is 5.41. The molecule has 0 fully saturated rings. The number of aromatic nitrogens is 1. The average molecular weight is 641 g/mol. The molecular formula is C47H32N2O. The Bertz CT molecular complexity index is 2550. The van der Waals surface area contributed by atoms with Gasteiger partial charge < -0.3 is 9.32 Å². The Morgan fingerprint density at radius 1 is 0.380 bits per heavy atom. The number of nitrogens with zero attached hydrogens (tertiary/aromatic N) is 2. The Balaban J connectivity index is 1.12. The number of anilines is 3. The van der Waals surface area contributed by atoms with E-state index in [4.69, 9.17) is 4.42 Å². The molecule has 0 aliphatic rings. The van der Waals surface area contributed by atoms with Gasteiger partial charge in [-0.25, -0.2) is 0 Å². The number of para-hydroxylation sites is 2. The van der Waals surface area contributed by atoms with Crippen LogP contribution in [-0.2, 0) is 0 Å². The van der Waals surface area contributed by atoms with Gasteiger partial charge in [-0.3, -0.25) is 4.98 Å². The van der Waals surface area contributed by atoms with Crippen LogP contribution in [0.5, 0.6) is 0 Å². The lowest BCUT2D eigenvalue weighted by Crippen LogP contribution is -2.11.